The summed E-state index contributed by atoms with van der Waals surface area (Å²) >= 11 is 0. The van der Waals surface area contributed by atoms with Crippen molar-refractivity contribution in [2.24, 2.45) is 0 Å². The van der Waals surface area contributed by atoms with Gasteiger partial charge in [-0.3, -0.25) is 19.0 Å². The molecule has 28 heavy (non-hydrogen) atoms. The van der Waals surface area contributed by atoms with E-state index in [1.54, 1.807) is 6.07 Å². The van der Waals surface area contributed by atoms with Gasteiger partial charge in [0, 0.05) is 24.5 Å². The summed E-state index contributed by atoms with van der Waals surface area (Å²) < 4.78 is 2.28. The molecule has 0 unspecified atom stereocenters. The highest BCUT2D eigenvalue weighted by Gasteiger charge is 2.26. The lowest BCUT2D eigenvalue weighted by Crippen LogP contribution is -2.44. The van der Waals surface area contributed by atoms with Crippen molar-refractivity contribution in [3.63, 3.8) is 0 Å². The summed E-state index contributed by atoms with van der Waals surface area (Å²) in [6.45, 7) is 2.49. The molecule has 2 aromatic carbocycles. The second-order valence-corrected chi connectivity index (χ2v) is 6.62. The molecular weight excluding hydrogens is 358 g/mol. The largest absolute Gasteiger partial charge is 0.333 e. The number of aromatic nitrogens is 3. The number of carbonyl (C=O) groups is 1. The molecule has 3 aromatic rings. The zero-order chi connectivity index (χ0) is 19.7. The molecule has 1 amide bonds. The number of hydrogen-bond acceptors (Lipinski definition) is 5. The molecule has 0 radical (unpaired) electrons. The molecule has 0 saturated carbocycles. The van der Waals surface area contributed by atoms with Gasteiger partial charge in [-0.15, -0.1) is 5.10 Å². The number of para-hydroxylation sites is 1. The van der Waals surface area contributed by atoms with Crippen LogP contribution in [0.3, 0.4) is 0 Å². The molecule has 1 aromatic heterocycles. The van der Waals surface area contributed by atoms with Crippen molar-refractivity contribution in [1.29, 1.82) is 0 Å². The van der Waals surface area contributed by atoms with Gasteiger partial charge < -0.3 is 10.2 Å². The molecule has 0 saturated heterocycles. The number of anilines is 3. The van der Waals surface area contributed by atoms with Crippen LogP contribution in [0.25, 0.3) is 0 Å². The van der Waals surface area contributed by atoms with E-state index in [4.69, 9.17) is 0 Å². The molecule has 1 N–H and O–H groups in total. The van der Waals surface area contributed by atoms with Gasteiger partial charge in [-0.25, -0.2) is 4.68 Å². The predicted molar refractivity (Wildman–Crippen MR) is 106 cm³/mol. The van der Waals surface area contributed by atoms with Gasteiger partial charge >= 0.3 is 11.1 Å². The van der Waals surface area contributed by atoms with Crippen molar-refractivity contribution < 1.29 is 4.79 Å². The Labute approximate surface area is 160 Å². The fourth-order valence-corrected chi connectivity index (χ4v) is 3.24. The third-order valence-electron chi connectivity index (χ3n) is 4.57. The standard InChI is InChI=1S/C20H19N5O3/c1-14-6-5-7-15(12-14)21-17(26)13-25-19(28)18(27)24-11-10-23(20(24)22-25)16-8-3-2-4-9-16/h2-9,12H,10-11,13H2,1H3,(H,21,26). The molecule has 0 atom stereocenters. The number of nitrogens with one attached hydrogen (secondary N) is 1. The van der Waals surface area contributed by atoms with Crippen LogP contribution in [0.2, 0.25) is 0 Å². The summed E-state index contributed by atoms with van der Waals surface area (Å²) in [6, 6.07) is 16.8. The highest BCUT2D eigenvalue weighted by molar-refractivity contribution is 5.90. The first kappa shape index (κ1) is 17.7. The second-order valence-electron chi connectivity index (χ2n) is 6.62. The Morgan fingerprint density at radius 3 is 2.57 bits per heavy atom. The van der Waals surface area contributed by atoms with Crippen LogP contribution in [0, 0.1) is 6.92 Å². The lowest BCUT2D eigenvalue weighted by Gasteiger charge is -2.17. The van der Waals surface area contributed by atoms with Crippen LogP contribution in [-0.2, 0) is 17.9 Å². The minimum atomic E-state index is -0.807. The molecule has 0 fully saturated rings. The van der Waals surface area contributed by atoms with Gasteiger partial charge in [0.1, 0.15) is 6.54 Å². The summed E-state index contributed by atoms with van der Waals surface area (Å²) in [4.78, 5) is 39.1. The number of hydrogen-bond donors (Lipinski definition) is 1. The fraction of sp³-hybridized carbons (Fsp3) is 0.200. The van der Waals surface area contributed by atoms with Crippen LogP contribution in [0.5, 0.6) is 0 Å². The number of benzene rings is 2. The Morgan fingerprint density at radius 1 is 1.04 bits per heavy atom. The molecule has 142 valence electrons. The van der Waals surface area contributed by atoms with E-state index >= 15 is 0 Å². The normalized spacial score (nSPS) is 12.7. The van der Waals surface area contributed by atoms with E-state index < -0.39 is 17.0 Å². The van der Waals surface area contributed by atoms with E-state index in [2.05, 4.69) is 10.4 Å². The summed E-state index contributed by atoms with van der Waals surface area (Å²) in [5.41, 5.74) is 1.02. The smallest absolute Gasteiger partial charge is 0.324 e. The lowest BCUT2D eigenvalue weighted by atomic mass is 10.2. The highest BCUT2D eigenvalue weighted by Crippen LogP contribution is 2.25. The molecule has 1 aliphatic rings. The third kappa shape index (κ3) is 3.32. The average Bonchev–Trinajstić information content (AvgIpc) is 3.10. The number of amides is 1. The Bertz CT molecular complexity index is 1150. The molecule has 0 spiro atoms. The van der Waals surface area contributed by atoms with Gasteiger partial charge in [0.15, 0.2) is 0 Å². The van der Waals surface area contributed by atoms with Gasteiger partial charge in [0.2, 0.25) is 11.9 Å². The Balaban J connectivity index is 1.64. The molecule has 8 nitrogen and oxygen atoms in total. The van der Waals surface area contributed by atoms with Crippen LogP contribution in [0.1, 0.15) is 5.56 Å². The molecule has 0 aliphatic carbocycles. The fourth-order valence-electron chi connectivity index (χ4n) is 3.24. The Morgan fingerprint density at radius 2 is 1.82 bits per heavy atom. The Hall–Kier alpha value is -3.68. The van der Waals surface area contributed by atoms with Crippen LogP contribution in [0.4, 0.5) is 17.3 Å². The summed E-state index contributed by atoms with van der Waals surface area (Å²) in [5.74, 6) is -0.0621. The van der Waals surface area contributed by atoms with Crippen molar-refractivity contribution in [3.05, 3.63) is 80.9 Å². The van der Waals surface area contributed by atoms with Gasteiger partial charge in [-0.05, 0) is 36.8 Å². The molecule has 0 bridgehead atoms. The highest BCUT2D eigenvalue weighted by atomic mass is 16.2. The minimum Gasteiger partial charge on any atom is -0.324 e. The summed E-state index contributed by atoms with van der Waals surface area (Å²) in [7, 11) is 0. The summed E-state index contributed by atoms with van der Waals surface area (Å²) in [6.07, 6.45) is 0. The summed E-state index contributed by atoms with van der Waals surface area (Å²) in [5, 5.41) is 7.03. The first-order valence-corrected chi connectivity index (χ1v) is 8.94. The molecule has 8 heteroatoms. The molecule has 1 aliphatic heterocycles. The van der Waals surface area contributed by atoms with E-state index in [9.17, 15) is 14.4 Å². The molecule has 2 heterocycles. The minimum absolute atomic E-state index is 0.335. The first-order valence-electron chi connectivity index (χ1n) is 8.94. The second kappa shape index (κ2) is 7.15. The zero-order valence-corrected chi connectivity index (χ0v) is 15.3. The van der Waals surface area contributed by atoms with Crippen LogP contribution in [0.15, 0.2) is 64.2 Å². The number of carbonyl (C=O) groups excluding carboxylic acids is 1. The maximum absolute atomic E-state index is 12.5. The number of aryl methyl sites for hydroxylation is 1. The van der Waals surface area contributed by atoms with Crippen LogP contribution in [-0.4, -0.2) is 26.8 Å². The van der Waals surface area contributed by atoms with E-state index in [-0.39, 0.29) is 6.54 Å². The number of nitrogens with zero attached hydrogens (tertiary/aromatic N) is 4. The molecular formula is C20H19N5O3. The number of rotatable bonds is 4. The van der Waals surface area contributed by atoms with E-state index in [1.807, 2.05) is 60.4 Å². The topological polar surface area (TPSA) is 89.2 Å². The van der Waals surface area contributed by atoms with Gasteiger partial charge in [0.25, 0.3) is 0 Å². The van der Waals surface area contributed by atoms with Crippen LogP contribution >= 0.6 is 0 Å². The monoisotopic (exact) mass is 377 g/mol. The van der Waals surface area contributed by atoms with Crippen molar-refractivity contribution in [1.82, 2.24) is 14.3 Å². The maximum atomic E-state index is 12.5. The number of fused-ring (bicyclic) bond motifs is 1. The van der Waals surface area contributed by atoms with E-state index in [0.717, 1.165) is 15.9 Å². The predicted octanol–water partition coefficient (Wildman–Crippen LogP) is 1.50. The van der Waals surface area contributed by atoms with Crippen molar-refractivity contribution in [2.45, 2.75) is 20.0 Å². The van der Waals surface area contributed by atoms with Crippen molar-refractivity contribution >= 4 is 23.2 Å². The van der Waals surface area contributed by atoms with Gasteiger partial charge in [0.05, 0.1) is 0 Å². The Kier molecular flexibility index (Phi) is 4.52. The van der Waals surface area contributed by atoms with E-state index in [1.165, 1.54) is 4.57 Å². The van der Waals surface area contributed by atoms with Gasteiger partial charge in [-0.2, -0.15) is 0 Å². The maximum Gasteiger partial charge on any atom is 0.333 e. The average molecular weight is 377 g/mol. The zero-order valence-electron chi connectivity index (χ0n) is 15.3. The SMILES string of the molecule is Cc1cccc(NC(=O)Cn2nc3n(c(=O)c2=O)CCN3c2ccccc2)c1. The quantitative estimate of drug-likeness (QED) is 0.696. The van der Waals surface area contributed by atoms with Gasteiger partial charge in [-0.1, -0.05) is 30.3 Å². The van der Waals surface area contributed by atoms with E-state index in [0.29, 0.717) is 24.7 Å². The van der Waals surface area contributed by atoms with Crippen LogP contribution < -0.4 is 21.3 Å². The third-order valence-corrected chi connectivity index (χ3v) is 4.57. The lowest BCUT2D eigenvalue weighted by molar-refractivity contribution is -0.117. The molecule has 4 rings (SSSR count). The first-order chi connectivity index (χ1) is 13.5. The van der Waals surface area contributed by atoms with Crippen molar-refractivity contribution in [3.8, 4) is 0 Å². The van der Waals surface area contributed by atoms with Crippen molar-refractivity contribution in [2.75, 3.05) is 16.8 Å².